The molecule has 0 unspecified atom stereocenters. The highest BCUT2D eigenvalue weighted by Gasteiger charge is 2.21. The molecule has 0 radical (unpaired) electrons. The van der Waals surface area contributed by atoms with Crippen molar-refractivity contribution in [2.24, 2.45) is 5.92 Å². The standard InChI is InChI=1S/C15H21N3/c1-10(2)18-14-5-4-11(3)6-13(14)17-15(18)7-12-8-16-9-12/h4-6,10,12,16H,7-9H2,1-3H3. The minimum absolute atomic E-state index is 0.473. The van der Waals surface area contributed by atoms with Crippen molar-refractivity contribution in [3.05, 3.63) is 29.6 Å². The second-order valence-electron chi connectivity index (χ2n) is 5.71. The summed E-state index contributed by atoms with van der Waals surface area (Å²) in [6, 6.07) is 7.05. The van der Waals surface area contributed by atoms with Gasteiger partial charge in [0, 0.05) is 12.5 Å². The number of nitrogens with one attached hydrogen (secondary N) is 1. The van der Waals surface area contributed by atoms with Crippen molar-refractivity contribution in [1.82, 2.24) is 14.9 Å². The molecule has 2 heterocycles. The molecule has 1 fully saturated rings. The highest BCUT2D eigenvalue weighted by molar-refractivity contribution is 5.77. The third-order valence-corrected chi connectivity index (χ3v) is 3.77. The number of nitrogens with zero attached hydrogens (tertiary/aromatic N) is 2. The van der Waals surface area contributed by atoms with Crippen LogP contribution in [0.3, 0.4) is 0 Å². The molecule has 0 amide bonds. The zero-order valence-corrected chi connectivity index (χ0v) is 11.4. The first kappa shape index (κ1) is 11.7. The highest BCUT2D eigenvalue weighted by atomic mass is 15.1. The van der Waals surface area contributed by atoms with Crippen molar-refractivity contribution in [3.8, 4) is 0 Å². The number of benzene rings is 1. The first-order chi connectivity index (χ1) is 8.65. The van der Waals surface area contributed by atoms with Gasteiger partial charge in [0.25, 0.3) is 0 Å². The van der Waals surface area contributed by atoms with E-state index in [2.05, 4.69) is 48.9 Å². The molecule has 0 atom stereocenters. The predicted octanol–water partition coefficient (Wildman–Crippen LogP) is 2.69. The van der Waals surface area contributed by atoms with Gasteiger partial charge in [-0.15, -0.1) is 0 Å². The molecule has 3 rings (SSSR count). The normalized spacial score (nSPS) is 16.4. The Kier molecular flexibility index (Phi) is 2.86. The lowest BCUT2D eigenvalue weighted by atomic mass is 9.99. The summed E-state index contributed by atoms with van der Waals surface area (Å²) >= 11 is 0. The lowest BCUT2D eigenvalue weighted by molar-refractivity contribution is 0.335. The fourth-order valence-corrected chi connectivity index (χ4v) is 2.73. The van der Waals surface area contributed by atoms with Crippen LogP contribution in [0.25, 0.3) is 11.0 Å². The maximum atomic E-state index is 4.85. The minimum Gasteiger partial charge on any atom is -0.325 e. The van der Waals surface area contributed by atoms with Crippen molar-refractivity contribution in [2.75, 3.05) is 13.1 Å². The van der Waals surface area contributed by atoms with E-state index >= 15 is 0 Å². The Balaban J connectivity index is 2.07. The molecule has 96 valence electrons. The van der Waals surface area contributed by atoms with Crippen LogP contribution in [0.2, 0.25) is 0 Å². The molecule has 1 N–H and O–H groups in total. The molecule has 1 saturated heterocycles. The van der Waals surface area contributed by atoms with Crippen molar-refractivity contribution in [1.29, 1.82) is 0 Å². The van der Waals surface area contributed by atoms with Crippen LogP contribution in [0.15, 0.2) is 18.2 Å². The predicted molar refractivity (Wildman–Crippen MR) is 74.9 cm³/mol. The Bertz CT molecular complexity index is 564. The van der Waals surface area contributed by atoms with E-state index in [4.69, 9.17) is 4.98 Å². The van der Waals surface area contributed by atoms with E-state index < -0.39 is 0 Å². The van der Waals surface area contributed by atoms with E-state index in [0.717, 1.165) is 30.9 Å². The summed E-state index contributed by atoms with van der Waals surface area (Å²) < 4.78 is 2.40. The summed E-state index contributed by atoms with van der Waals surface area (Å²) in [5, 5.41) is 3.34. The lowest BCUT2D eigenvalue weighted by Gasteiger charge is -2.27. The molecule has 3 heteroatoms. The molecule has 0 spiro atoms. The molecule has 1 aromatic carbocycles. The van der Waals surface area contributed by atoms with Crippen LogP contribution in [0.1, 0.15) is 31.3 Å². The molecule has 0 bridgehead atoms. The number of rotatable bonds is 3. The Morgan fingerprint density at radius 3 is 2.78 bits per heavy atom. The van der Waals surface area contributed by atoms with Gasteiger partial charge in [0.15, 0.2) is 0 Å². The topological polar surface area (TPSA) is 29.9 Å². The zero-order chi connectivity index (χ0) is 12.7. The van der Waals surface area contributed by atoms with E-state index in [1.54, 1.807) is 0 Å². The number of hydrogen-bond acceptors (Lipinski definition) is 2. The molecule has 0 aliphatic carbocycles. The Morgan fingerprint density at radius 1 is 1.39 bits per heavy atom. The van der Waals surface area contributed by atoms with Gasteiger partial charge in [-0.3, -0.25) is 0 Å². The van der Waals surface area contributed by atoms with Crippen molar-refractivity contribution in [3.63, 3.8) is 0 Å². The first-order valence-corrected chi connectivity index (χ1v) is 6.83. The van der Waals surface area contributed by atoms with Gasteiger partial charge in [0.1, 0.15) is 5.82 Å². The van der Waals surface area contributed by atoms with Gasteiger partial charge in [-0.05, 0) is 57.5 Å². The van der Waals surface area contributed by atoms with Crippen LogP contribution in [-0.4, -0.2) is 22.6 Å². The van der Waals surface area contributed by atoms with Crippen LogP contribution in [0.5, 0.6) is 0 Å². The third-order valence-electron chi connectivity index (χ3n) is 3.77. The minimum atomic E-state index is 0.473. The molecule has 1 aliphatic heterocycles. The van der Waals surface area contributed by atoms with Gasteiger partial charge in [-0.25, -0.2) is 4.98 Å². The second kappa shape index (κ2) is 4.39. The quantitative estimate of drug-likeness (QED) is 0.898. The summed E-state index contributed by atoms with van der Waals surface area (Å²) in [5.74, 6) is 2.01. The van der Waals surface area contributed by atoms with Gasteiger partial charge in [-0.2, -0.15) is 0 Å². The third kappa shape index (κ3) is 1.93. The van der Waals surface area contributed by atoms with Crippen molar-refractivity contribution >= 4 is 11.0 Å². The summed E-state index contributed by atoms with van der Waals surface area (Å²) in [4.78, 5) is 4.85. The number of aromatic nitrogens is 2. The fourth-order valence-electron chi connectivity index (χ4n) is 2.73. The molecule has 1 aromatic heterocycles. The fraction of sp³-hybridized carbons (Fsp3) is 0.533. The van der Waals surface area contributed by atoms with E-state index in [-0.39, 0.29) is 0 Å². The zero-order valence-electron chi connectivity index (χ0n) is 11.4. The van der Waals surface area contributed by atoms with Crippen LogP contribution in [-0.2, 0) is 6.42 Å². The number of aryl methyl sites for hydroxylation is 1. The van der Waals surface area contributed by atoms with Gasteiger partial charge < -0.3 is 9.88 Å². The van der Waals surface area contributed by atoms with E-state index in [1.165, 1.54) is 16.9 Å². The van der Waals surface area contributed by atoms with Gasteiger partial charge >= 0.3 is 0 Å². The smallest absolute Gasteiger partial charge is 0.110 e. The van der Waals surface area contributed by atoms with Crippen molar-refractivity contribution < 1.29 is 0 Å². The Labute approximate surface area is 108 Å². The summed E-state index contributed by atoms with van der Waals surface area (Å²) in [7, 11) is 0. The SMILES string of the molecule is Cc1ccc2c(c1)nc(CC1CNC1)n2C(C)C. The van der Waals surface area contributed by atoms with E-state index in [1.807, 2.05) is 0 Å². The number of fused-ring (bicyclic) bond motifs is 1. The second-order valence-corrected chi connectivity index (χ2v) is 5.71. The maximum absolute atomic E-state index is 4.85. The summed E-state index contributed by atoms with van der Waals surface area (Å²) in [6.45, 7) is 8.89. The van der Waals surface area contributed by atoms with Crippen LogP contribution in [0.4, 0.5) is 0 Å². The van der Waals surface area contributed by atoms with E-state index in [9.17, 15) is 0 Å². The maximum Gasteiger partial charge on any atom is 0.110 e. The first-order valence-electron chi connectivity index (χ1n) is 6.83. The monoisotopic (exact) mass is 243 g/mol. The molecule has 1 aliphatic rings. The highest BCUT2D eigenvalue weighted by Crippen LogP contribution is 2.24. The molecule has 3 nitrogen and oxygen atoms in total. The van der Waals surface area contributed by atoms with E-state index in [0.29, 0.717) is 6.04 Å². The molecular weight excluding hydrogens is 222 g/mol. The lowest BCUT2D eigenvalue weighted by Crippen LogP contribution is -2.43. The Hall–Kier alpha value is -1.35. The summed E-state index contributed by atoms with van der Waals surface area (Å²) in [5.41, 5.74) is 3.71. The largest absolute Gasteiger partial charge is 0.325 e. The van der Waals surface area contributed by atoms with Gasteiger partial charge in [0.05, 0.1) is 11.0 Å². The molecule has 2 aromatic rings. The molecule has 0 saturated carbocycles. The van der Waals surface area contributed by atoms with Crippen LogP contribution >= 0.6 is 0 Å². The summed E-state index contributed by atoms with van der Waals surface area (Å²) in [6.07, 6.45) is 1.10. The van der Waals surface area contributed by atoms with Gasteiger partial charge in [0.2, 0.25) is 0 Å². The molecule has 18 heavy (non-hydrogen) atoms. The van der Waals surface area contributed by atoms with Crippen LogP contribution < -0.4 is 5.32 Å². The van der Waals surface area contributed by atoms with Gasteiger partial charge in [-0.1, -0.05) is 6.07 Å². The number of hydrogen-bond donors (Lipinski definition) is 1. The average molecular weight is 243 g/mol. The Morgan fingerprint density at radius 2 is 2.17 bits per heavy atom. The van der Waals surface area contributed by atoms with Crippen LogP contribution in [0, 0.1) is 12.8 Å². The average Bonchev–Trinajstić information content (AvgIpc) is 2.60. The molecular formula is C15H21N3. The van der Waals surface area contributed by atoms with Crippen molar-refractivity contribution in [2.45, 2.75) is 33.2 Å². The number of imidazole rings is 1.